The molecule has 1 atom stereocenters. The molecule has 0 radical (unpaired) electrons. The highest BCUT2D eigenvalue weighted by molar-refractivity contribution is 7.18. The predicted molar refractivity (Wildman–Crippen MR) is 123 cm³/mol. The Morgan fingerprint density at radius 2 is 2.07 bits per heavy atom. The van der Waals surface area contributed by atoms with E-state index in [1.54, 1.807) is 17.7 Å². The standard InChI is InChI=1S/C22H34N6OS/c1-3-18-14-19-20(24-16-25-22(19)30-18)28-9-4-6-17(15-28)21(29)23-7-5-8-27-12-10-26(2)11-13-27/h14,16-17H,3-13,15H2,1-2H3,(H,23,29). The number of anilines is 1. The van der Waals surface area contributed by atoms with Gasteiger partial charge in [-0.25, -0.2) is 9.97 Å². The highest BCUT2D eigenvalue weighted by atomic mass is 32.1. The van der Waals surface area contributed by atoms with Gasteiger partial charge in [0.25, 0.3) is 0 Å². The van der Waals surface area contributed by atoms with Crippen LogP contribution in [0, 0.1) is 5.92 Å². The fourth-order valence-electron chi connectivity index (χ4n) is 4.43. The van der Waals surface area contributed by atoms with Crippen molar-refractivity contribution in [3.8, 4) is 0 Å². The number of nitrogens with one attached hydrogen (secondary N) is 1. The Hall–Kier alpha value is -1.77. The molecule has 2 saturated heterocycles. The maximum atomic E-state index is 12.8. The second-order valence-electron chi connectivity index (χ2n) is 8.56. The van der Waals surface area contributed by atoms with Crippen LogP contribution in [0.3, 0.4) is 0 Å². The Labute approximate surface area is 183 Å². The molecule has 0 spiro atoms. The quantitative estimate of drug-likeness (QED) is 0.680. The zero-order valence-corrected chi connectivity index (χ0v) is 19.1. The molecule has 2 aliphatic rings. The van der Waals surface area contributed by atoms with E-state index in [-0.39, 0.29) is 11.8 Å². The number of aryl methyl sites for hydroxylation is 1. The molecule has 1 unspecified atom stereocenters. The summed E-state index contributed by atoms with van der Waals surface area (Å²) < 4.78 is 0. The summed E-state index contributed by atoms with van der Waals surface area (Å²) in [5, 5.41) is 4.32. The number of amides is 1. The number of fused-ring (bicyclic) bond motifs is 1. The number of hydrogen-bond donors (Lipinski definition) is 1. The summed E-state index contributed by atoms with van der Waals surface area (Å²) in [6, 6.07) is 2.22. The van der Waals surface area contributed by atoms with E-state index in [0.717, 1.165) is 94.1 Å². The van der Waals surface area contributed by atoms with E-state index in [1.165, 1.54) is 4.88 Å². The molecule has 1 amide bonds. The molecule has 4 rings (SSSR count). The lowest BCUT2D eigenvalue weighted by atomic mass is 9.97. The molecular formula is C22H34N6OS. The number of piperidine rings is 1. The van der Waals surface area contributed by atoms with Gasteiger partial charge in [-0.2, -0.15) is 0 Å². The van der Waals surface area contributed by atoms with Crippen molar-refractivity contribution in [2.24, 2.45) is 5.92 Å². The van der Waals surface area contributed by atoms with Crippen molar-refractivity contribution in [3.63, 3.8) is 0 Å². The van der Waals surface area contributed by atoms with Crippen molar-refractivity contribution in [2.45, 2.75) is 32.6 Å². The van der Waals surface area contributed by atoms with Gasteiger partial charge in [-0.05, 0) is 45.3 Å². The first kappa shape index (κ1) is 21.5. The van der Waals surface area contributed by atoms with Crippen LogP contribution in [0.1, 0.15) is 31.1 Å². The van der Waals surface area contributed by atoms with E-state index in [0.29, 0.717) is 0 Å². The normalized spacial score (nSPS) is 21.3. The van der Waals surface area contributed by atoms with Crippen molar-refractivity contribution in [1.82, 2.24) is 25.1 Å². The largest absolute Gasteiger partial charge is 0.356 e. The number of rotatable bonds is 7. The third-order valence-corrected chi connectivity index (χ3v) is 7.53. The van der Waals surface area contributed by atoms with E-state index in [1.807, 2.05) is 0 Å². The van der Waals surface area contributed by atoms with Crippen molar-refractivity contribution in [3.05, 3.63) is 17.3 Å². The number of thiophene rings is 1. The molecule has 2 aromatic heterocycles. The van der Waals surface area contributed by atoms with E-state index < -0.39 is 0 Å². The fraction of sp³-hybridized carbons (Fsp3) is 0.682. The average molecular weight is 431 g/mol. The van der Waals surface area contributed by atoms with Crippen molar-refractivity contribution in [1.29, 1.82) is 0 Å². The highest BCUT2D eigenvalue weighted by Gasteiger charge is 2.27. The number of nitrogens with zero attached hydrogens (tertiary/aromatic N) is 5. The van der Waals surface area contributed by atoms with E-state index in [4.69, 9.17) is 0 Å². The fourth-order valence-corrected chi connectivity index (χ4v) is 5.36. The van der Waals surface area contributed by atoms with Crippen LogP contribution in [0.15, 0.2) is 12.4 Å². The molecule has 2 fully saturated rings. The Kier molecular flexibility index (Phi) is 7.17. The van der Waals surface area contributed by atoms with Crippen LogP contribution < -0.4 is 10.2 Å². The molecule has 7 nitrogen and oxygen atoms in total. The molecule has 0 bridgehead atoms. The number of hydrogen-bond acceptors (Lipinski definition) is 7. The SMILES string of the molecule is CCc1cc2c(N3CCCC(C(=O)NCCCN4CCN(C)CC4)C3)ncnc2s1. The molecule has 164 valence electrons. The summed E-state index contributed by atoms with van der Waals surface area (Å²) >= 11 is 1.74. The Bertz CT molecular complexity index is 847. The monoisotopic (exact) mass is 430 g/mol. The maximum Gasteiger partial charge on any atom is 0.224 e. The second-order valence-corrected chi connectivity index (χ2v) is 9.67. The third-order valence-electron chi connectivity index (χ3n) is 6.35. The topological polar surface area (TPSA) is 64.6 Å². The zero-order chi connectivity index (χ0) is 20.9. The molecule has 4 heterocycles. The number of carbonyl (C=O) groups excluding carboxylic acids is 1. The first-order valence-electron chi connectivity index (χ1n) is 11.3. The minimum Gasteiger partial charge on any atom is -0.356 e. The first-order chi connectivity index (χ1) is 14.6. The lowest BCUT2D eigenvalue weighted by molar-refractivity contribution is -0.125. The van der Waals surface area contributed by atoms with Gasteiger partial charge in [-0.3, -0.25) is 4.79 Å². The van der Waals surface area contributed by atoms with Gasteiger partial charge in [0.2, 0.25) is 5.91 Å². The average Bonchev–Trinajstić information content (AvgIpc) is 3.21. The number of likely N-dealkylation sites (N-methyl/N-ethyl adjacent to an activating group) is 1. The molecule has 0 saturated carbocycles. The minimum absolute atomic E-state index is 0.0386. The van der Waals surface area contributed by atoms with Gasteiger partial charge in [0, 0.05) is 50.7 Å². The molecule has 30 heavy (non-hydrogen) atoms. The van der Waals surface area contributed by atoms with Gasteiger partial charge in [-0.1, -0.05) is 6.92 Å². The van der Waals surface area contributed by atoms with Gasteiger partial charge >= 0.3 is 0 Å². The summed E-state index contributed by atoms with van der Waals surface area (Å²) in [7, 11) is 2.18. The van der Waals surface area contributed by atoms with E-state index >= 15 is 0 Å². The van der Waals surface area contributed by atoms with Gasteiger partial charge in [0.15, 0.2) is 0 Å². The summed E-state index contributed by atoms with van der Waals surface area (Å²) in [4.78, 5) is 31.4. The number of aromatic nitrogens is 2. The molecule has 0 aliphatic carbocycles. The highest BCUT2D eigenvalue weighted by Crippen LogP contribution is 2.32. The smallest absolute Gasteiger partial charge is 0.224 e. The van der Waals surface area contributed by atoms with E-state index in [2.05, 4.69) is 50.0 Å². The van der Waals surface area contributed by atoms with Gasteiger partial charge in [-0.15, -0.1) is 11.3 Å². The number of carbonyl (C=O) groups is 1. The van der Waals surface area contributed by atoms with Crippen LogP contribution in [-0.4, -0.2) is 85.1 Å². The van der Waals surface area contributed by atoms with Crippen molar-refractivity contribution in [2.75, 3.05) is 64.3 Å². The number of piperazine rings is 1. The molecule has 2 aliphatic heterocycles. The molecule has 2 aromatic rings. The van der Waals surface area contributed by atoms with E-state index in [9.17, 15) is 4.79 Å². The lowest BCUT2D eigenvalue weighted by Crippen LogP contribution is -2.46. The molecular weight excluding hydrogens is 396 g/mol. The van der Waals surface area contributed by atoms with Crippen LogP contribution in [0.5, 0.6) is 0 Å². The zero-order valence-electron chi connectivity index (χ0n) is 18.3. The summed E-state index contributed by atoms with van der Waals surface area (Å²) in [6.07, 6.45) is 5.68. The first-order valence-corrected chi connectivity index (χ1v) is 12.1. The van der Waals surface area contributed by atoms with Crippen LogP contribution in [0.4, 0.5) is 5.82 Å². The van der Waals surface area contributed by atoms with Crippen LogP contribution in [-0.2, 0) is 11.2 Å². The maximum absolute atomic E-state index is 12.8. The summed E-state index contributed by atoms with van der Waals surface area (Å²) in [6.45, 7) is 10.3. The molecule has 8 heteroatoms. The second kappa shape index (κ2) is 10.0. The van der Waals surface area contributed by atoms with Gasteiger partial charge in [0.1, 0.15) is 17.0 Å². The van der Waals surface area contributed by atoms with Gasteiger partial charge < -0.3 is 20.0 Å². The van der Waals surface area contributed by atoms with Crippen LogP contribution >= 0.6 is 11.3 Å². The van der Waals surface area contributed by atoms with Gasteiger partial charge in [0.05, 0.1) is 11.3 Å². The van der Waals surface area contributed by atoms with Crippen molar-refractivity contribution < 1.29 is 4.79 Å². The Morgan fingerprint density at radius 3 is 2.87 bits per heavy atom. The minimum atomic E-state index is 0.0386. The molecule has 1 N–H and O–H groups in total. The summed E-state index contributed by atoms with van der Waals surface area (Å²) in [5.74, 6) is 1.23. The Balaban J connectivity index is 1.28. The van der Waals surface area contributed by atoms with Crippen LogP contribution in [0.25, 0.3) is 10.2 Å². The predicted octanol–water partition coefficient (Wildman–Crippen LogP) is 2.22. The Morgan fingerprint density at radius 1 is 1.23 bits per heavy atom. The lowest BCUT2D eigenvalue weighted by Gasteiger charge is -2.33. The van der Waals surface area contributed by atoms with Crippen LogP contribution in [0.2, 0.25) is 0 Å². The molecule has 0 aromatic carbocycles. The summed E-state index contributed by atoms with van der Waals surface area (Å²) in [5.41, 5.74) is 0. The van der Waals surface area contributed by atoms with Crippen molar-refractivity contribution >= 4 is 33.3 Å². The third kappa shape index (κ3) is 5.10.